The van der Waals surface area contributed by atoms with Gasteiger partial charge in [0, 0.05) is 5.56 Å². The van der Waals surface area contributed by atoms with Gasteiger partial charge >= 0.3 is 0 Å². The molecule has 0 saturated carbocycles. The minimum atomic E-state index is 0.0471. The Labute approximate surface area is 99.7 Å². The Morgan fingerprint density at radius 3 is 2.88 bits per heavy atom. The highest BCUT2D eigenvalue weighted by molar-refractivity contribution is 5.61. The third kappa shape index (κ3) is 2.29. The van der Waals surface area contributed by atoms with Gasteiger partial charge in [0.2, 0.25) is 0 Å². The fourth-order valence-electron chi connectivity index (χ4n) is 1.78. The number of benzene rings is 1. The molecule has 0 aliphatic carbocycles. The second-order valence-corrected chi connectivity index (χ2v) is 3.75. The second-order valence-electron chi connectivity index (χ2n) is 3.75. The Balaban J connectivity index is 2.39. The number of aromatic nitrogens is 3. The second kappa shape index (κ2) is 4.97. The smallest absolute Gasteiger partial charge is 0.121 e. The lowest BCUT2D eigenvalue weighted by molar-refractivity contribution is 0.269. The van der Waals surface area contributed by atoms with Gasteiger partial charge in [0.25, 0.3) is 0 Å². The molecular formula is C12H15N3O2. The van der Waals surface area contributed by atoms with Crippen LogP contribution in [0.25, 0.3) is 11.3 Å². The Morgan fingerprint density at radius 1 is 1.41 bits per heavy atom. The molecule has 1 aromatic carbocycles. The van der Waals surface area contributed by atoms with E-state index in [-0.39, 0.29) is 6.61 Å². The van der Waals surface area contributed by atoms with Crippen molar-refractivity contribution in [2.24, 2.45) is 0 Å². The van der Waals surface area contributed by atoms with Gasteiger partial charge in [0.1, 0.15) is 5.75 Å². The van der Waals surface area contributed by atoms with Crippen molar-refractivity contribution in [3.8, 4) is 17.0 Å². The van der Waals surface area contributed by atoms with Crippen LogP contribution in [0.5, 0.6) is 5.75 Å². The molecule has 1 heterocycles. The van der Waals surface area contributed by atoms with E-state index in [1.165, 1.54) is 0 Å². The molecule has 1 aromatic heterocycles. The first-order valence-electron chi connectivity index (χ1n) is 5.40. The normalized spacial score (nSPS) is 10.5. The topological polar surface area (TPSA) is 60.2 Å². The van der Waals surface area contributed by atoms with Crippen molar-refractivity contribution in [2.45, 2.75) is 13.5 Å². The molecule has 0 spiro atoms. The lowest BCUT2D eigenvalue weighted by atomic mass is 10.1. The average molecular weight is 233 g/mol. The van der Waals surface area contributed by atoms with Gasteiger partial charge in [-0.1, -0.05) is 5.21 Å². The van der Waals surface area contributed by atoms with Crippen LogP contribution in [0.1, 0.15) is 5.56 Å². The molecule has 0 aliphatic heterocycles. The van der Waals surface area contributed by atoms with Gasteiger partial charge in [0.05, 0.1) is 32.2 Å². The van der Waals surface area contributed by atoms with E-state index in [1.54, 1.807) is 18.0 Å². The summed E-state index contributed by atoms with van der Waals surface area (Å²) in [5.41, 5.74) is 2.97. The highest BCUT2D eigenvalue weighted by Crippen LogP contribution is 2.25. The highest BCUT2D eigenvalue weighted by Gasteiger charge is 2.08. The number of nitrogens with zero attached hydrogens (tertiary/aromatic N) is 3. The molecule has 5 nitrogen and oxygen atoms in total. The molecule has 0 radical (unpaired) electrons. The van der Waals surface area contributed by atoms with E-state index in [2.05, 4.69) is 10.3 Å². The quantitative estimate of drug-likeness (QED) is 0.863. The van der Waals surface area contributed by atoms with Crippen LogP contribution >= 0.6 is 0 Å². The van der Waals surface area contributed by atoms with E-state index in [4.69, 9.17) is 9.84 Å². The van der Waals surface area contributed by atoms with E-state index < -0.39 is 0 Å². The first-order valence-corrected chi connectivity index (χ1v) is 5.40. The molecule has 2 rings (SSSR count). The van der Waals surface area contributed by atoms with Crippen molar-refractivity contribution in [3.05, 3.63) is 30.0 Å². The fourth-order valence-corrected chi connectivity index (χ4v) is 1.78. The van der Waals surface area contributed by atoms with E-state index in [1.807, 2.05) is 25.1 Å². The van der Waals surface area contributed by atoms with Crippen LogP contribution in [-0.2, 0) is 6.54 Å². The molecule has 0 aliphatic rings. The Hall–Kier alpha value is -1.88. The van der Waals surface area contributed by atoms with Crippen molar-refractivity contribution in [2.75, 3.05) is 13.7 Å². The number of aliphatic hydroxyl groups is 1. The lowest BCUT2D eigenvalue weighted by Crippen LogP contribution is -2.05. The number of aryl methyl sites for hydroxylation is 1. The molecule has 5 heteroatoms. The Kier molecular flexibility index (Phi) is 3.39. The molecule has 2 aromatic rings. The van der Waals surface area contributed by atoms with Crippen LogP contribution in [-0.4, -0.2) is 33.8 Å². The van der Waals surface area contributed by atoms with Gasteiger partial charge in [-0.05, 0) is 30.7 Å². The SMILES string of the molecule is COc1ccc(-c2cnnn2CCO)cc1C. The van der Waals surface area contributed by atoms with Crippen molar-refractivity contribution in [1.82, 2.24) is 15.0 Å². The van der Waals surface area contributed by atoms with E-state index in [9.17, 15) is 0 Å². The summed E-state index contributed by atoms with van der Waals surface area (Å²) < 4.78 is 6.90. The molecular weight excluding hydrogens is 218 g/mol. The summed E-state index contributed by atoms with van der Waals surface area (Å²) in [7, 11) is 1.65. The Bertz CT molecular complexity index is 508. The molecule has 0 bridgehead atoms. The van der Waals surface area contributed by atoms with Crippen LogP contribution in [0.4, 0.5) is 0 Å². The number of rotatable bonds is 4. The van der Waals surface area contributed by atoms with Gasteiger partial charge in [-0.25, -0.2) is 4.68 Å². The summed E-state index contributed by atoms with van der Waals surface area (Å²) in [6.45, 7) is 2.48. The number of hydrogen-bond acceptors (Lipinski definition) is 4. The summed E-state index contributed by atoms with van der Waals surface area (Å²) in [4.78, 5) is 0. The molecule has 1 N–H and O–H groups in total. The first kappa shape index (κ1) is 11.6. The third-order valence-corrected chi connectivity index (χ3v) is 2.62. The number of hydrogen-bond donors (Lipinski definition) is 1. The number of aliphatic hydroxyl groups excluding tert-OH is 1. The van der Waals surface area contributed by atoms with Crippen molar-refractivity contribution in [1.29, 1.82) is 0 Å². The summed E-state index contributed by atoms with van der Waals surface area (Å²) in [6, 6.07) is 5.89. The van der Waals surface area contributed by atoms with Gasteiger partial charge < -0.3 is 9.84 Å². The molecule has 90 valence electrons. The van der Waals surface area contributed by atoms with Crippen molar-refractivity contribution in [3.63, 3.8) is 0 Å². The maximum atomic E-state index is 8.94. The van der Waals surface area contributed by atoms with Crippen molar-refractivity contribution >= 4 is 0 Å². The van der Waals surface area contributed by atoms with E-state index in [0.717, 1.165) is 22.6 Å². The predicted octanol–water partition coefficient (Wildman–Crippen LogP) is 1.25. The summed E-state index contributed by atoms with van der Waals surface area (Å²) >= 11 is 0. The standard InChI is InChI=1S/C12H15N3O2/c1-9-7-10(3-4-12(9)17-2)11-8-13-14-15(11)5-6-16/h3-4,7-8,16H,5-6H2,1-2H3. The molecule has 0 fully saturated rings. The molecule has 0 atom stereocenters. The molecule has 0 amide bonds. The largest absolute Gasteiger partial charge is 0.496 e. The van der Waals surface area contributed by atoms with E-state index in [0.29, 0.717) is 6.54 Å². The van der Waals surface area contributed by atoms with Crippen LogP contribution in [0.15, 0.2) is 24.4 Å². The Morgan fingerprint density at radius 2 is 2.24 bits per heavy atom. The van der Waals surface area contributed by atoms with Crippen molar-refractivity contribution < 1.29 is 9.84 Å². The first-order chi connectivity index (χ1) is 8.26. The van der Waals surface area contributed by atoms with Crippen LogP contribution in [0.3, 0.4) is 0 Å². The zero-order chi connectivity index (χ0) is 12.3. The molecule has 0 unspecified atom stereocenters. The maximum absolute atomic E-state index is 8.94. The zero-order valence-corrected chi connectivity index (χ0v) is 9.92. The van der Waals surface area contributed by atoms with Gasteiger partial charge in [-0.3, -0.25) is 0 Å². The number of ether oxygens (including phenoxy) is 1. The minimum Gasteiger partial charge on any atom is -0.496 e. The predicted molar refractivity (Wildman–Crippen MR) is 63.8 cm³/mol. The van der Waals surface area contributed by atoms with Crippen LogP contribution in [0.2, 0.25) is 0 Å². The average Bonchev–Trinajstić information content (AvgIpc) is 2.78. The third-order valence-electron chi connectivity index (χ3n) is 2.62. The maximum Gasteiger partial charge on any atom is 0.121 e. The van der Waals surface area contributed by atoms with E-state index >= 15 is 0 Å². The highest BCUT2D eigenvalue weighted by atomic mass is 16.5. The van der Waals surface area contributed by atoms with Gasteiger partial charge in [0.15, 0.2) is 0 Å². The summed E-state index contributed by atoms with van der Waals surface area (Å²) in [6.07, 6.45) is 1.69. The molecule has 17 heavy (non-hydrogen) atoms. The molecule has 0 saturated heterocycles. The number of methoxy groups -OCH3 is 1. The van der Waals surface area contributed by atoms with Crippen LogP contribution in [0, 0.1) is 6.92 Å². The van der Waals surface area contributed by atoms with Gasteiger partial charge in [-0.2, -0.15) is 0 Å². The van der Waals surface area contributed by atoms with Crippen LogP contribution < -0.4 is 4.74 Å². The summed E-state index contributed by atoms with van der Waals surface area (Å²) in [5.74, 6) is 0.856. The zero-order valence-electron chi connectivity index (χ0n) is 9.92. The van der Waals surface area contributed by atoms with Gasteiger partial charge in [-0.15, -0.1) is 5.10 Å². The summed E-state index contributed by atoms with van der Waals surface area (Å²) in [5, 5.41) is 16.7. The lowest BCUT2D eigenvalue weighted by Gasteiger charge is -2.08. The fraction of sp³-hybridized carbons (Fsp3) is 0.333. The minimum absolute atomic E-state index is 0.0471. The monoisotopic (exact) mass is 233 g/mol.